The van der Waals surface area contributed by atoms with Gasteiger partial charge in [0.25, 0.3) is 0 Å². The number of aromatic nitrogens is 1. The zero-order valence-electron chi connectivity index (χ0n) is 10.4. The summed E-state index contributed by atoms with van der Waals surface area (Å²) in [6.45, 7) is 2.18. The molecule has 0 aliphatic heterocycles. The van der Waals surface area contributed by atoms with E-state index in [-0.39, 0.29) is 5.82 Å². The van der Waals surface area contributed by atoms with Crippen LogP contribution in [-0.4, -0.2) is 10.7 Å². The molecule has 0 aliphatic carbocycles. The van der Waals surface area contributed by atoms with Crippen LogP contribution in [0.4, 0.5) is 4.39 Å². The summed E-state index contributed by atoms with van der Waals surface area (Å²) in [5.74, 6) is 2.32. The maximum absolute atomic E-state index is 12.8. The quantitative estimate of drug-likeness (QED) is 0.718. The Hall–Kier alpha value is -1.29. The second-order valence-electron chi connectivity index (χ2n) is 4.06. The van der Waals surface area contributed by atoms with Gasteiger partial charge in [-0.3, -0.25) is 0 Å². The summed E-state index contributed by atoms with van der Waals surface area (Å²) in [4.78, 5) is 4.40. The van der Waals surface area contributed by atoms with Crippen molar-refractivity contribution in [3.8, 4) is 11.5 Å². The van der Waals surface area contributed by atoms with Crippen LogP contribution < -0.4 is 0 Å². The van der Waals surface area contributed by atoms with Crippen LogP contribution in [0.3, 0.4) is 0 Å². The molecule has 2 aromatic rings. The third kappa shape index (κ3) is 3.60. The zero-order valence-corrected chi connectivity index (χ0v) is 11.2. The lowest BCUT2D eigenvalue weighted by Gasteiger charge is -1.96. The summed E-state index contributed by atoms with van der Waals surface area (Å²) in [6.07, 6.45) is 4.12. The van der Waals surface area contributed by atoms with Crippen LogP contribution in [0.15, 0.2) is 34.9 Å². The molecule has 0 saturated heterocycles. The molecule has 0 fully saturated rings. The van der Waals surface area contributed by atoms with Crippen molar-refractivity contribution in [2.75, 3.05) is 5.75 Å². The van der Waals surface area contributed by atoms with Gasteiger partial charge in [0.1, 0.15) is 12.1 Å². The molecule has 1 aromatic heterocycles. The molecule has 18 heavy (non-hydrogen) atoms. The van der Waals surface area contributed by atoms with Crippen molar-refractivity contribution in [1.29, 1.82) is 0 Å². The first-order valence-corrected chi connectivity index (χ1v) is 7.23. The second kappa shape index (κ2) is 6.59. The van der Waals surface area contributed by atoms with Crippen LogP contribution in [0.2, 0.25) is 0 Å². The topological polar surface area (TPSA) is 26.0 Å². The molecule has 0 amide bonds. The van der Waals surface area contributed by atoms with E-state index in [0.717, 1.165) is 22.8 Å². The number of unbranched alkanes of at least 4 members (excludes halogenated alkanes) is 1. The van der Waals surface area contributed by atoms with Crippen LogP contribution >= 0.6 is 11.8 Å². The van der Waals surface area contributed by atoms with Gasteiger partial charge < -0.3 is 4.42 Å². The average Bonchev–Trinajstić information content (AvgIpc) is 2.84. The molecule has 96 valence electrons. The Morgan fingerprint density at radius 2 is 2.06 bits per heavy atom. The number of rotatable bonds is 6. The Bertz CT molecular complexity index is 481. The van der Waals surface area contributed by atoms with Crippen LogP contribution in [0.25, 0.3) is 11.5 Å². The first kappa shape index (κ1) is 13.1. The lowest BCUT2D eigenvalue weighted by Crippen LogP contribution is -1.84. The highest BCUT2D eigenvalue weighted by molar-refractivity contribution is 7.98. The van der Waals surface area contributed by atoms with Crippen molar-refractivity contribution in [3.05, 3.63) is 42.0 Å². The van der Waals surface area contributed by atoms with Crippen LogP contribution in [0, 0.1) is 5.82 Å². The molecular weight excluding hydrogens is 249 g/mol. The van der Waals surface area contributed by atoms with Crippen molar-refractivity contribution in [2.24, 2.45) is 0 Å². The van der Waals surface area contributed by atoms with Gasteiger partial charge in [-0.25, -0.2) is 9.37 Å². The largest absolute Gasteiger partial charge is 0.444 e. The third-order valence-corrected chi connectivity index (χ3v) is 3.61. The molecule has 0 N–H and O–H groups in total. The SMILES string of the molecule is CCCCSCc1coc(-c2ccc(F)cc2)n1. The molecule has 0 atom stereocenters. The van der Waals surface area contributed by atoms with Crippen molar-refractivity contribution in [2.45, 2.75) is 25.5 Å². The number of thioether (sulfide) groups is 1. The highest BCUT2D eigenvalue weighted by Gasteiger charge is 2.06. The lowest BCUT2D eigenvalue weighted by molar-refractivity contribution is 0.573. The molecule has 0 spiro atoms. The van der Waals surface area contributed by atoms with E-state index in [1.165, 1.54) is 25.0 Å². The zero-order chi connectivity index (χ0) is 12.8. The monoisotopic (exact) mass is 265 g/mol. The van der Waals surface area contributed by atoms with Crippen molar-refractivity contribution >= 4 is 11.8 Å². The summed E-state index contributed by atoms with van der Waals surface area (Å²) in [5, 5.41) is 0. The lowest BCUT2D eigenvalue weighted by atomic mass is 10.2. The number of nitrogens with zero attached hydrogens (tertiary/aromatic N) is 1. The molecular formula is C14H16FNOS. The number of oxazole rings is 1. The maximum Gasteiger partial charge on any atom is 0.226 e. The summed E-state index contributed by atoms with van der Waals surface area (Å²) in [6, 6.07) is 6.18. The maximum atomic E-state index is 12.8. The minimum atomic E-state index is -0.249. The summed E-state index contributed by atoms with van der Waals surface area (Å²) in [5.41, 5.74) is 1.75. The van der Waals surface area contributed by atoms with E-state index in [1.54, 1.807) is 18.4 Å². The van der Waals surface area contributed by atoms with Gasteiger partial charge >= 0.3 is 0 Å². The smallest absolute Gasteiger partial charge is 0.226 e. The molecule has 2 rings (SSSR count). The number of halogens is 1. The Morgan fingerprint density at radius 1 is 1.28 bits per heavy atom. The summed E-state index contributed by atoms with van der Waals surface area (Å²) < 4.78 is 18.2. The van der Waals surface area contributed by atoms with Gasteiger partial charge in [0.15, 0.2) is 0 Å². The highest BCUT2D eigenvalue weighted by Crippen LogP contribution is 2.21. The summed E-state index contributed by atoms with van der Waals surface area (Å²) in [7, 11) is 0. The summed E-state index contributed by atoms with van der Waals surface area (Å²) >= 11 is 1.86. The molecule has 0 unspecified atom stereocenters. The molecule has 1 heterocycles. The number of hydrogen-bond donors (Lipinski definition) is 0. The molecule has 0 radical (unpaired) electrons. The van der Waals surface area contributed by atoms with Gasteiger partial charge in [0.05, 0.1) is 5.69 Å². The molecule has 0 aliphatic rings. The van der Waals surface area contributed by atoms with Gasteiger partial charge in [-0.1, -0.05) is 13.3 Å². The predicted octanol–water partition coefficient (Wildman–Crippen LogP) is 4.51. The minimum Gasteiger partial charge on any atom is -0.444 e. The highest BCUT2D eigenvalue weighted by atomic mass is 32.2. The Morgan fingerprint density at radius 3 is 2.78 bits per heavy atom. The van der Waals surface area contributed by atoms with Crippen LogP contribution in [0.1, 0.15) is 25.5 Å². The van der Waals surface area contributed by atoms with Gasteiger partial charge in [-0.2, -0.15) is 11.8 Å². The van der Waals surface area contributed by atoms with Crippen LogP contribution in [-0.2, 0) is 5.75 Å². The van der Waals surface area contributed by atoms with Gasteiger partial charge in [0.2, 0.25) is 5.89 Å². The van der Waals surface area contributed by atoms with Crippen molar-refractivity contribution in [1.82, 2.24) is 4.98 Å². The van der Waals surface area contributed by atoms with Crippen molar-refractivity contribution in [3.63, 3.8) is 0 Å². The Balaban J connectivity index is 1.95. The normalized spacial score (nSPS) is 10.8. The fourth-order valence-electron chi connectivity index (χ4n) is 1.52. The molecule has 0 bridgehead atoms. The Labute approximate surface area is 111 Å². The average molecular weight is 265 g/mol. The van der Waals surface area contributed by atoms with Gasteiger partial charge in [-0.15, -0.1) is 0 Å². The Kier molecular flexibility index (Phi) is 4.81. The van der Waals surface area contributed by atoms with Crippen molar-refractivity contribution < 1.29 is 8.81 Å². The van der Waals surface area contributed by atoms with E-state index < -0.39 is 0 Å². The molecule has 0 saturated carbocycles. The fourth-order valence-corrected chi connectivity index (χ4v) is 2.50. The van der Waals surface area contributed by atoms with E-state index in [1.807, 2.05) is 11.8 Å². The second-order valence-corrected chi connectivity index (χ2v) is 5.16. The standard InChI is InChI=1S/C14H16FNOS/c1-2-3-8-18-10-13-9-17-14(16-13)11-4-6-12(15)7-5-11/h4-7,9H,2-3,8,10H2,1H3. The van der Waals surface area contributed by atoms with E-state index in [4.69, 9.17) is 4.42 Å². The molecule has 4 heteroatoms. The predicted molar refractivity (Wildman–Crippen MR) is 73.0 cm³/mol. The molecule has 2 nitrogen and oxygen atoms in total. The van der Waals surface area contributed by atoms with Gasteiger partial charge in [-0.05, 0) is 36.4 Å². The first-order chi connectivity index (χ1) is 8.79. The first-order valence-electron chi connectivity index (χ1n) is 6.07. The van der Waals surface area contributed by atoms with Crippen LogP contribution in [0.5, 0.6) is 0 Å². The number of benzene rings is 1. The van der Waals surface area contributed by atoms with E-state index in [2.05, 4.69) is 11.9 Å². The fraction of sp³-hybridized carbons (Fsp3) is 0.357. The third-order valence-electron chi connectivity index (χ3n) is 2.54. The van der Waals surface area contributed by atoms with Gasteiger partial charge in [0, 0.05) is 11.3 Å². The minimum absolute atomic E-state index is 0.249. The van der Waals surface area contributed by atoms with E-state index in [9.17, 15) is 4.39 Å². The van der Waals surface area contributed by atoms with E-state index >= 15 is 0 Å². The van der Waals surface area contributed by atoms with E-state index in [0.29, 0.717) is 5.89 Å². The number of hydrogen-bond acceptors (Lipinski definition) is 3. The molecule has 1 aromatic carbocycles.